The van der Waals surface area contributed by atoms with Crippen molar-refractivity contribution in [2.24, 2.45) is 0 Å². The highest BCUT2D eigenvalue weighted by Gasteiger charge is 2.15. The molecule has 1 N–H and O–H groups in total. The van der Waals surface area contributed by atoms with Gasteiger partial charge < -0.3 is 5.32 Å². The summed E-state index contributed by atoms with van der Waals surface area (Å²) in [5.74, 6) is -0.372. The lowest BCUT2D eigenvalue weighted by molar-refractivity contribution is -0.116. The summed E-state index contributed by atoms with van der Waals surface area (Å²) in [6, 6.07) is 0. The van der Waals surface area contributed by atoms with E-state index < -0.39 is 15.1 Å². The molecule has 0 aromatic heterocycles. The van der Waals surface area contributed by atoms with Gasteiger partial charge in [0, 0.05) is 6.54 Å². The van der Waals surface area contributed by atoms with Gasteiger partial charge in [-0.15, -0.1) is 0 Å². The number of carbonyl (C=O) groups excluding carboxylic acids is 1. The molecular formula is C8H15NO3S. The maximum absolute atomic E-state index is 11.2. The fourth-order valence-corrected chi connectivity index (χ4v) is 1.48. The number of carbonyl (C=O) groups is 1. The van der Waals surface area contributed by atoms with E-state index in [9.17, 15) is 13.2 Å². The smallest absolute Gasteiger partial charge is 0.243 e. The van der Waals surface area contributed by atoms with Crippen LogP contribution in [0.1, 0.15) is 13.8 Å². The van der Waals surface area contributed by atoms with Gasteiger partial charge >= 0.3 is 0 Å². The molecule has 4 nitrogen and oxygen atoms in total. The number of amides is 1. The third-order valence-electron chi connectivity index (χ3n) is 1.59. The topological polar surface area (TPSA) is 63.2 Å². The minimum Gasteiger partial charge on any atom is -0.352 e. The number of rotatable bonds is 5. The molecule has 0 spiro atoms. The highest BCUT2D eigenvalue weighted by Crippen LogP contribution is 1.98. The lowest BCUT2D eigenvalue weighted by atomic mass is 10.5. The number of nitrogens with one attached hydrogen (secondary N) is 1. The molecule has 0 aliphatic carbocycles. The average molecular weight is 205 g/mol. The zero-order valence-electron chi connectivity index (χ0n) is 7.91. The number of hydrogen-bond donors (Lipinski definition) is 1. The summed E-state index contributed by atoms with van der Waals surface area (Å²) in [7, 11) is -3.05. The summed E-state index contributed by atoms with van der Waals surface area (Å²) in [5.41, 5.74) is 0. The maximum atomic E-state index is 11.2. The van der Waals surface area contributed by atoms with Crippen LogP contribution < -0.4 is 5.32 Å². The van der Waals surface area contributed by atoms with Crippen molar-refractivity contribution in [1.29, 1.82) is 0 Å². The van der Waals surface area contributed by atoms with Gasteiger partial charge in [0.1, 0.15) is 0 Å². The van der Waals surface area contributed by atoms with Crippen molar-refractivity contribution in [2.45, 2.75) is 19.1 Å². The van der Waals surface area contributed by atoms with E-state index in [1.165, 1.54) is 0 Å². The van der Waals surface area contributed by atoms with Crippen molar-refractivity contribution < 1.29 is 13.2 Å². The molecule has 0 rings (SSSR count). The van der Waals surface area contributed by atoms with Gasteiger partial charge in [0.05, 0.1) is 11.0 Å². The lowest BCUT2D eigenvalue weighted by Crippen LogP contribution is -2.30. The van der Waals surface area contributed by atoms with E-state index >= 15 is 0 Å². The second-order valence-electron chi connectivity index (χ2n) is 2.91. The van der Waals surface area contributed by atoms with Gasteiger partial charge in [-0.1, -0.05) is 6.58 Å². The Bertz CT molecular complexity index is 280. The van der Waals surface area contributed by atoms with Crippen LogP contribution in [-0.4, -0.2) is 31.9 Å². The van der Waals surface area contributed by atoms with Crippen molar-refractivity contribution in [3.05, 3.63) is 12.7 Å². The van der Waals surface area contributed by atoms with Gasteiger partial charge in [0.2, 0.25) is 5.91 Å². The van der Waals surface area contributed by atoms with Gasteiger partial charge in [-0.25, -0.2) is 8.42 Å². The average Bonchev–Trinajstić information content (AvgIpc) is 2.03. The molecule has 76 valence electrons. The van der Waals surface area contributed by atoms with E-state index in [1.54, 1.807) is 13.8 Å². The second kappa shape index (κ2) is 5.01. The molecule has 0 atom stereocenters. The van der Waals surface area contributed by atoms with Gasteiger partial charge in [0.15, 0.2) is 9.84 Å². The molecule has 0 aliphatic rings. The molecule has 0 bridgehead atoms. The van der Waals surface area contributed by atoms with Crippen molar-refractivity contribution >= 4 is 15.7 Å². The van der Waals surface area contributed by atoms with Crippen LogP contribution in [-0.2, 0) is 14.6 Å². The third-order valence-corrected chi connectivity index (χ3v) is 3.80. The van der Waals surface area contributed by atoms with Gasteiger partial charge in [-0.2, -0.15) is 0 Å². The van der Waals surface area contributed by atoms with Crippen LogP contribution in [0, 0.1) is 0 Å². The van der Waals surface area contributed by atoms with Crippen LogP contribution in [0.4, 0.5) is 0 Å². The predicted octanol–water partition coefficient (Wildman–Crippen LogP) is 0.112. The minimum atomic E-state index is -3.05. The Hall–Kier alpha value is -0.840. The molecule has 0 aliphatic heterocycles. The van der Waals surface area contributed by atoms with Crippen molar-refractivity contribution in [1.82, 2.24) is 5.32 Å². The molecule has 0 aromatic carbocycles. The Morgan fingerprint density at radius 1 is 1.54 bits per heavy atom. The maximum Gasteiger partial charge on any atom is 0.243 e. The van der Waals surface area contributed by atoms with Gasteiger partial charge in [-0.3, -0.25) is 4.79 Å². The molecule has 0 saturated carbocycles. The molecule has 0 aromatic rings. The first-order valence-corrected chi connectivity index (χ1v) is 5.73. The monoisotopic (exact) mass is 205 g/mol. The van der Waals surface area contributed by atoms with Gasteiger partial charge in [0.25, 0.3) is 0 Å². The molecule has 1 amide bonds. The Morgan fingerprint density at radius 3 is 2.46 bits per heavy atom. The lowest BCUT2D eigenvalue weighted by Gasteiger charge is -2.07. The molecule has 0 unspecified atom stereocenters. The van der Waals surface area contributed by atoms with E-state index in [0.29, 0.717) is 0 Å². The quantitative estimate of drug-likeness (QED) is 0.648. The number of hydrogen-bond acceptors (Lipinski definition) is 3. The van der Waals surface area contributed by atoms with Crippen LogP contribution in [0.5, 0.6) is 0 Å². The van der Waals surface area contributed by atoms with E-state index in [4.69, 9.17) is 0 Å². The summed E-state index contributed by atoms with van der Waals surface area (Å²) < 4.78 is 22.4. The predicted molar refractivity (Wildman–Crippen MR) is 52.1 cm³/mol. The molecule has 0 fully saturated rings. The Balaban J connectivity index is 3.91. The van der Waals surface area contributed by atoms with Crippen LogP contribution >= 0.6 is 0 Å². The summed E-state index contributed by atoms with van der Waals surface area (Å²) in [4.78, 5) is 10.6. The highest BCUT2D eigenvalue weighted by molar-refractivity contribution is 7.92. The summed E-state index contributed by atoms with van der Waals surface area (Å²) in [6.45, 7) is 6.62. The van der Waals surface area contributed by atoms with E-state index in [0.717, 1.165) is 6.08 Å². The number of sulfone groups is 1. The zero-order valence-corrected chi connectivity index (χ0v) is 8.73. The van der Waals surface area contributed by atoms with Crippen LogP contribution in [0.2, 0.25) is 0 Å². The summed E-state index contributed by atoms with van der Waals surface area (Å²) >= 11 is 0. The first-order valence-electron chi connectivity index (χ1n) is 4.02. The van der Waals surface area contributed by atoms with Crippen molar-refractivity contribution in [2.75, 3.05) is 12.3 Å². The molecule has 5 heteroatoms. The van der Waals surface area contributed by atoms with E-state index in [2.05, 4.69) is 11.9 Å². The fourth-order valence-electron chi connectivity index (χ4n) is 0.624. The summed E-state index contributed by atoms with van der Waals surface area (Å²) in [6.07, 6.45) is 1.11. The van der Waals surface area contributed by atoms with Gasteiger partial charge in [-0.05, 0) is 19.9 Å². The molecular weight excluding hydrogens is 190 g/mol. The molecule has 0 radical (unpaired) electrons. The first-order chi connectivity index (χ1) is 5.90. The van der Waals surface area contributed by atoms with E-state index in [-0.39, 0.29) is 18.2 Å². The fraction of sp³-hybridized carbons (Fsp3) is 0.625. The standard InChI is InChI=1S/C8H15NO3S/c1-4-8(10)9-5-6-13(11,12)7(2)3/h4,7H,1,5-6H2,2-3H3,(H,9,10). The third kappa shape index (κ3) is 4.67. The van der Waals surface area contributed by atoms with Crippen LogP contribution in [0.3, 0.4) is 0 Å². The largest absolute Gasteiger partial charge is 0.352 e. The van der Waals surface area contributed by atoms with Crippen LogP contribution in [0.25, 0.3) is 0 Å². The first kappa shape index (κ1) is 12.2. The van der Waals surface area contributed by atoms with Crippen molar-refractivity contribution in [3.8, 4) is 0 Å². The minimum absolute atomic E-state index is 0.0236. The zero-order chi connectivity index (χ0) is 10.5. The summed E-state index contributed by atoms with van der Waals surface area (Å²) in [5, 5.41) is 2.01. The Labute approximate surface area is 78.9 Å². The van der Waals surface area contributed by atoms with Crippen LogP contribution in [0.15, 0.2) is 12.7 Å². The molecule has 13 heavy (non-hydrogen) atoms. The van der Waals surface area contributed by atoms with E-state index in [1.807, 2.05) is 0 Å². The highest BCUT2D eigenvalue weighted by atomic mass is 32.2. The molecule has 0 saturated heterocycles. The molecule has 0 heterocycles. The Morgan fingerprint density at radius 2 is 2.08 bits per heavy atom. The van der Waals surface area contributed by atoms with Crippen molar-refractivity contribution in [3.63, 3.8) is 0 Å². The second-order valence-corrected chi connectivity index (χ2v) is 5.59. The normalized spacial score (nSPS) is 11.3. The SMILES string of the molecule is C=CC(=O)NCCS(=O)(=O)C(C)C. The Kier molecular flexibility index (Phi) is 4.69.